The molecule has 0 spiro atoms. The molecular weight excluding hydrogens is 200 g/mol. The van der Waals surface area contributed by atoms with Crippen LogP contribution in [0.15, 0.2) is 18.5 Å². The van der Waals surface area contributed by atoms with Crippen molar-refractivity contribution in [3.8, 4) is 0 Å². The topological polar surface area (TPSA) is 26.2 Å². The van der Waals surface area contributed by atoms with Gasteiger partial charge in [-0.2, -0.15) is 0 Å². The molecule has 3 heteroatoms. The first-order valence-corrected chi connectivity index (χ1v) is 6.34. The van der Waals surface area contributed by atoms with Crippen LogP contribution in [0.1, 0.15) is 31.7 Å². The predicted molar refractivity (Wildman–Crippen MR) is 65.4 cm³/mol. The lowest BCUT2D eigenvalue weighted by molar-refractivity contribution is 0.0776. The zero-order valence-corrected chi connectivity index (χ0v) is 10.1. The Labute approximate surface area is 97.8 Å². The molecule has 1 aliphatic heterocycles. The van der Waals surface area contributed by atoms with Gasteiger partial charge in [0.25, 0.3) is 0 Å². The molecule has 1 fully saturated rings. The number of aryl methyl sites for hydroxylation is 1. The minimum absolute atomic E-state index is 0.642. The molecule has 0 aromatic carbocycles. The molecule has 0 amide bonds. The summed E-state index contributed by atoms with van der Waals surface area (Å²) in [5.41, 5.74) is 1.39. The van der Waals surface area contributed by atoms with Crippen molar-refractivity contribution in [1.29, 1.82) is 0 Å². The maximum absolute atomic E-state index is 5.34. The van der Waals surface area contributed by atoms with Gasteiger partial charge in [0, 0.05) is 44.7 Å². The van der Waals surface area contributed by atoms with Gasteiger partial charge in [0.05, 0.1) is 0 Å². The van der Waals surface area contributed by atoms with Crippen molar-refractivity contribution in [1.82, 2.24) is 9.88 Å². The third kappa shape index (κ3) is 3.35. The van der Waals surface area contributed by atoms with E-state index in [0.29, 0.717) is 6.04 Å². The standard InChI is InChI=1S/C13H22N2O/c1-2-6-15-7-3-12(11-15)10-14-13-4-8-16-9-5-13/h3,7,11,13-14H,2,4-6,8-10H2,1H3. The van der Waals surface area contributed by atoms with Crippen LogP contribution in [-0.4, -0.2) is 23.8 Å². The van der Waals surface area contributed by atoms with Gasteiger partial charge in [-0.25, -0.2) is 0 Å². The van der Waals surface area contributed by atoms with E-state index < -0.39 is 0 Å². The Morgan fingerprint density at radius 2 is 2.25 bits per heavy atom. The van der Waals surface area contributed by atoms with Crippen molar-refractivity contribution >= 4 is 0 Å². The number of ether oxygens (including phenoxy) is 1. The van der Waals surface area contributed by atoms with Crippen LogP contribution in [-0.2, 0) is 17.8 Å². The van der Waals surface area contributed by atoms with E-state index >= 15 is 0 Å². The predicted octanol–water partition coefficient (Wildman–Crippen LogP) is 2.17. The maximum atomic E-state index is 5.34. The largest absolute Gasteiger partial charge is 0.381 e. The van der Waals surface area contributed by atoms with Crippen LogP contribution < -0.4 is 5.32 Å². The van der Waals surface area contributed by atoms with E-state index in [-0.39, 0.29) is 0 Å². The fourth-order valence-corrected chi connectivity index (χ4v) is 2.16. The highest BCUT2D eigenvalue weighted by atomic mass is 16.5. The Hall–Kier alpha value is -0.800. The lowest BCUT2D eigenvalue weighted by Gasteiger charge is -2.22. The summed E-state index contributed by atoms with van der Waals surface area (Å²) >= 11 is 0. The van der Waals surface area contributed by atoms with Gasteiger partial charge >= 0.3 is 0 Å². The number of hydrogen-bond acceptors (Lipinski definition) is 2. The van der Waals surface area contributed by atoms with Crippen LogP contribution in [0, 0.1) is 0 Å². The van der Waals surface area contributed by atoms with Gasteiger partial charge in [-0.3, -0.25) is 0 Å². The van der Waals surface area contributed by atoms with E-state index in [4.69, 9.17) is 4.74 Å². The Bertz CT molecular complexity index is 303. The molecule has 1 aromatic rings. The first-order chi connectivity index (χ1) is 7.88. The van der Waals surface area contributed by atoms with Crippen LogP contribution in [0.2, 0.25) is 0 Å². The van der Waals surface area contributed by atoms with E-state index in [0.717, 1.165) is 39.1 Å². The summed E-state index contributed by atoms with van der Waals surface area (Å²) in [6.07, 6.45) is 7.91. The first-order valence-electron chi connectivity index (χ1n) is 6.34. The summed E-state index contributed by atoms with van der Waals surface area (Å²) in [7, 11) is 0. The lowest BCUT2D eigenvalue weighted by Crippen LogP contribution is -2.34. The van der Waals surface area contributed by atoms with Crippen molar-refractivity contribution in [2.75, 3.05) is 13.2 Å². The number of hydrogen-bond donors (Lipinski definition) is 1. The molecule has 0 saturated carbocycles. The molecule has 1 aromatic heterocycles. The highest BCUT2D eigenvalue weighted by molar-refractivity contribution is 5.10. The van der Waals surface area contributed by atoms with E-state index in [2.05, 4.69) is 35.3 Å². The normalized spacial score (nSPS) is 17.8. The second-order valence-corrected chi connectivity index (χ2v) is 4.53. The smallest absolute Gasteiger partial charge is 0.0480 e. The van der Waals surface area contributed by atoms with Gasteiger partial charge in [-0.05, 0) is 30.9 Å². The molecule has 2 heterocycles. The molecule has 0 bridgehead atoms. The van der Waals surface area contributed by atoms with Crippen LogP contribution in [0.4, 0.5) is 0 Å². The van der Waals surface area contributed by atoms with Crippen molar-refractivity contribution in [2.24, 2.45) is 0 Å². The molecular formula is C13H22N2O. The van der Waals surface area contributed by atoms with Crippen molar-refractivity contribution < 1.29 is 4.74 Å². The lowest BCUT2D eigenvalue weighted by atomic mass is 10.1. The third-order valence-electron chi connectivity index (χ3n) is 3.11. The summed E-state index contributed by atoms with van der Waals surface area (Å²) in [6.45, 7) is 6.14. The summed E-state index contributed by atoms with van der Waals surface area (Å²) < 4.78 is 7.61. The Morgan fingerprint density at radius 3 is 3.00 bits per heavy atom. The average molecular weight is 222 g/mol. The summed E-state index contributed by atoms with van der Waals surface area (Å²) in [5, 5.41) is 3.60. The van der Waals surface area contributed by atoms with E-state index in [1.807, 2.05) is 0 Å². The highest BCUT2D eigenvalue weighted by Gasteiger charge is 2.12. The first kappa shape index (κ1) is 11.7. The number of nitrogens with zero attached hydrogens (tertiary/aromatic N) is 1. The molecule has 90 valence electrons. The molecule has 1 N–H and O–H groups in total. The van der Waals surface area contributed by atoms with Gasteiger partial charge in [0.15, 0.2) is 0 Å². The zero-order valence-electron chi connectivity index (χ0n) is 10.1. The minimum atomic E-state index is 0.642. The SMILES string of the molecule is CCCn1ccc(CNC2CCOCC2)c1. The van der Waals surface area contributed by atoms with Crippen LogP contribution in [0.5, 0.6) is 0 Å². The second-order valence-electron chi connectivity index (χ2n) is 4.53. The van der Waals surface area contributed by atoms with E-state index in [1.54, 1.807) is 0 Å². The Morgan fingerprint density at radius 1 is 1.44 bits per heavy atom. The molecule has 3 nitrogen and oxygen atoms in total. The average Bonchev–Trinajstić information content (AvgIpc) is 2.76. The fourth-order valence-electron chi connectivity index (χ4n) is 2.16. The molecule has 0 radical (unpaired) electrons. The van der Waals surface area contributed by atoms with Gasteiger partial charge in [-0.1, -0.05) is 6.92 Å². The van der Waals surface area contributed by atoms with Gasteiger partial charge < -0.3 is 14.6 Å². The second kappa shape index (κ2) is 6.06. The van der Waals surface area contributed by atoms with Crippen molar-refractivity contribution in [3.63, 3.8) is 0 Å². The Balaban J connectivity index is 1.75. The van der Waals surface area contributed by atoms with Crippen molar-refractivity contribution in [2.45, 2.75) is 45.3 Å². The molecule has 16 heavy (non-hydrogen) atoms. The number of rotatable bonds is 5. The molecule has 1 aliphatic rings. The van der Waals surface area contributed by atoms with Gasteiger partial charge in [0.2, 0.25) is 0 Å². The van der Waals surface area contributed by atoms with Crippen LogP contribution >= 0.6 is 0 Å². The molecule has 2 rings (SSSR count). The molecule has 0 unspecified atom stereocenters. The molecule has 0 aliphatic carbocycles. The summed E-state index contributed by atoms with van der Waals surface area (Å²) in [6, 6.07) is 2.85. The maximum Gasteiger partial charge on any atom is 0.0480 e. The summed E-state index contributed by atoms with van der Waals surface area (Å²) in [4.78, 5) is 0. The highest BCUT2D eigenvalue weighted by Crippen LogP contribution is 2.08. The Kier molecular flexibility index (Phi) is 4.43. The van der Waals surface area contributed by atoms with Gasteiger partial charge in [-0.15, -0.1) is 0 Å². The monoisotopic (exact) mass is 222 g/mol. The van der Waals surface area contributed by atoms with E-state index in [9.17, 15) is 0 Å². The fraction of sp³-hybridized carbons (Fsp3) is 0.692. The minimum Gasteiger partial charge on any atom is -0.381 e. The number of aromatic nitrogens is 1. The van der Waals surface area contributed by atoms with Crippen LogP contribution in [0.3, 0.4) is 0 Å². The third-order valence-corrected chi connectivity index (χ3v) is 3.11. The zero-order chi connectivity index (χ0) is 11.2. The summed E-state index contributed by atoms with van der Waals surface area (Å²) in [5.74, 6) is 0. The van der Waals surface area contributed by atoms with Gasteiger partial charge in [0.1, 0.15) is 0 Å². The quantitative estimate of drug-likeness (QED) is 0.826. The van der Waals surface area contributed by atoms with Crippen molar-refractivity contribution in [3.05, 3.63) is 24.0 Å². The van der Waals surface area contributed by atoms with E-state index in [1.165, 1.54) is 12.0 Å². The molecule has 0 atom stereocenters. The molecule has 1 saturated heterocycles. The van der Waals surface area contributed by atoms with Crippen LogP contribution in [0.25, 0.3) is 0 Å². The number of nitrogens with one attached hydrogen (secondary N) is 1.